The monoisotopic (exact) mass is 378 g/mol. The Morgan fingerprint density at radius 1 is 1.23 bits per heavy atom. The number of ether oxygens (including phenoxy) is 1. The van der Waals surface area contributed by atoms with Crippen LogP contribution in [0.25, 0.3) is 0 Å². The smallest absolute Gasteiger partial charge is 0.340 e. The van der Waals surface area contributed by atoms with E-state index in [9.17, 15) is 14.4 Å². The van der Waals surface area contributed by atoms with E-state index < -0.39 is 12.1 Å². The number of hydrogen-bond donors (Lipinski definition) is 1. The van der Waals surface area contributed by atoms with Crippen molar-refractivity contribution in [3.8, 4) is 0 Å². The van der Waals surface area contributed by atoms with Crippen LogP contribution in [0, 0.1) is 0 Å². The number of benzene rings is 1. The number of esters is 1. The van der Waals surface area contributed by atoms with Gasteiger partial charge in [-0.15, -0.1) is 11.8 Å². The maximum absolute atomic E-state index is 12.5. The molecular weight excluding hydrogens is 352 g/mol. The number of nitrogens with one attached hydrogen (secondary N) is 1. The average molecular weight is 378 g/mol. The van der Waals surface area contributed by atoms with Crippen LogP contribution in [0.3, 0.4) is 0 Å². The third-order valence-corrected chi connectivity index (χ3v) is 5.37. The van der Waals surface area contributed by atoms with Gasteiger partial charge in [0.15, 0.2) is 6.10 Å². The Labute approximate surface area is 158 Å². The number of carbonyl (C=O) groups is 3. The molecule has 1 aliphatic carbocycles. The van der Waals surface area contributed by atoms with Crippen molar-refractivity contribution < 1.29 is 19.1 Å². The Kier molecular flexibility index (Phi) is 7.50. The van der Waals surface area contributed by atoms with Gasteiger partial charge < -0.3 is 15.0 Å². The number of thioether (sulfide) groups is 1. The third-order valence-electron chi connectivity index (χ3n) is 4.31. The summed E-state index contributed by atoms with van der Waals surface area (Å²) in [4.78, 5) is 38.6. The molecule has 1 fully saturated rings. The van der Waals surface area contributed by atoms with Gasteiger partial charge >= 0.3 is 5.97 Å². The van der Waals surface area contributed by atoms with E-state index in [4.69, 9.17) is 4.74 Å². The van der Waals surface area contributed by atoms with E-state index in [0.29, 0.717) is 10.5 Å². The molecule has 2 amide bonds. The number of carbonyl (C=O) groups excluding carboxylic acids is 3. The quantitative estimate of drug-likeness (QED) is 0.583. The van der Waals surface area contributed by atoms with Crippen molar-refractivity contribution in [2.45, 2.75) is 49.6 Å². The fraction of sp³-hybridized carbons (Fsp3) is 0.526. The van der Waals surface area contributed by atoms with Gasteiger partial charge in [0.25, 0.3) is 5.91 Å². The van der Waals surface area contributed by atoms with Crippen LogP contribution in [0.2, 0.25) is 0 Å². The second kappa shape index (κ2) is 9.62. The molecule has 1 aromatic carbocycles. The van der Waals surface area contributed by atoms with E-state index in [1.807, 2.05) is 0 Å². The Bertz CT molecular complexity index is 657. The van der Waals surface area contributed by atoms with Crippen LogP contribution in [0.1, 0.15) is 43.0 Å². The standard InChI is InChI=1S/C19H26N2O4S/c1-13(18(23)20-14-8-4-5-9-14)25-19(24)15-10-6-7-11-16(15)26-12-17(22)21(2)3/h6-7,10-11,13-14H,4-5,8-9,12H2,1-3H3,(H,20,23)/t13-/m0/s1. The first-order valence-corrected chi connectivity index (χ1v) is 9.80. The van der Waals surface area contributed by atoms with Crippen LogP contribution in [-0.4, -0.2) is 54.7 Å². The highest BCUT2D eigenvalue weighted by Crippen LogP contribution is 2.24. The van der Waals surface area contributed by atoms with Crippen molar-refractivity contribution in [2.75, 3.05) is 19.8 Å². The molecule has 0 aromatic heterocycles. The molecule has 7 heteroatoms. The Morgan fingerprint density at radius 2 is 1.88 bits per heavy atom. The summed E-state index contributed by atoms with van der Waals surface area (Å²) >= 11 is 1.28. The number of nitrogens with zero attached hydrogens (tertiary/aromatic N) is 1. The van der Waals surface area contributed by atoms with E-state index in [1.54, 1.807) is 45.3 Å². The summed E-state index contributed by atoms with van der Waals surface area (Å²) in [5.41, 5.74) is 0.365. The van der Waals surface area contributed by atoms with Crippen LogP contribution in [0.4, 0.5) is 0 Å². The van der Waals surface area contributed by atoms with E-state index in [1.165, 1.54) is 16.7 Å². The SMILES string of the molecule is C[C@H](OC(=O)c1ccccc1SCC(=O)N(C)C)C(=O)NC1CCCC1. The summed E-state index contributed by atoms with van der Waals surface area (Å²) in [6.07, 6.45) is 3.34. The van der Waals surface area contributed by atoms with Crippen LogP contribution >= 0.6 is 11.8 Å². The highest BCUT2D eigenvalue weighted by molar-refractivity contribution is 8.00. The zero-order valence-corrected chi connectivity index (χ0v) is 16.3. The topological polar surface area (TPSA) is 75.7 Å². The van der Waals surface area contributed by atoms with Crippen LogP contribution in [0.15, 0.2) is 29.2 Å². The summed E-state index contributed by atoms with van der Waals surface area (Å²) in [6.45, 7) is 1.58. The summed E-state index contributed by atoms with van der Waals surface area (Å²) in [7, 11) is 3.38. The highest BCUT2D eigenvalue weighted by atomic mass is 32.2. The molecule has 0 radical (unpaired) electrons. The molecule has 0 aliphatic heterocycles. The molecule has 1 atom stereocenters. The van der Waals surface area contributed by atoms with Crippen LogP contribution < -0.4 is 5.32 Å². The fourth-order valence-corrected chi connectivity index (χ4v) is 3.71. The highest BCUT2D eigenvalue weighted by Gasteiger charge is 2.24. The molecular formula is C19H26N2O4S. The third kappa shape index (κ3) is 5.76. The summed E-state index contributed by atoms with van der Waals surface area (Å²) in [5.74, 6) is -0.630. The molecule has 0 saturated heterocycles. The Hall–Kier alpha value is -2.02. The predicted octanol–water partition coefficient (Wildman–Crippen LogP) is 2.47. The molecule has 1 saturated carbocycles. The van der Waals surface area contributed by atoms with E-state index in [-0.39, 0.29) is 23.6 Å². The first-order chi connectivity index (χ1) is 12.4. The Morgan fingerprint density at radius 3 is 2.54 bits per heavy atom. The van der Waals surface area contributed by atoms with Gasteiger partial charge in [-0.2, -0.15) is 0 Å². The van der Waals surface area contributed by atoms with Gasteiger partial charge in [0, 0.05) is 25.0 Å². The molecule has 6 nitrogen and oxygen atoms in total. The zero-order valence-electron chi connectivity index (χ0n) is 15.5. The van der Waals surface area contributed by atoms with E-state index in [2.05, 4.69) is 5.32 Å². The first kappa shape index (κ1) is 20.3. The minimum Gasteiger partial charge on any atom is -0.449 e. The molecule has 1 aromatic rings. The summed E-state index contributed by atoms with van der Waals surface area (Å²) in [5, 5.41) is 2.93. The minimum atomic E-state index is -0.857. The van der Waals surface area contributed by atoms with Gasteiger partial charge in [0.2, 0.25) is 5.91 Å². The van der Waals surface area contributed by atoms with Crippen LogP contribution in [0.5, 0.6) is 0 Å². The molecule has 142 valence electrons. The van der Waals surface area contributed by atoms with Gasteiger partial charge in [0.05, 0.1) is 11.3 Å². The second-order valence-corrected chi connectivity index (χ2v) is 7.63. The van der Waals surface area contributed by atoms with Crippen molar-refractivity contribution in [2.24, 2.45) is 0 Å². The number of amides is 2. The lowest BCUT2D eigenvalue weighted by Gasteiger charge is -2.18. The molecule has 0 unspecified atom stereocenters. The van der Waals surface area contributed by atoms with Crippen molar-refractivity contribution in [3.63, 3.8) is 0 Å². The average Bonchev–Trinajstić information content (AvgIpc) is 3.12. The van der Waals surface area contributed by atoms with Crippen molar-refractivity contribution >= 4 is 29.5 Å². The van der Waals surface area contributed by atoms with Gasteiger partial charge in [0.1, 0.15) is 0 Å². The number of rotatable bonds is 7. The maximum Gasteiger partial charge on any atom is 0.340 e. The molecule has 2 rings (SSSR count). The normalized spacial score (nSPS) is 15.3. The summed E-state index contributed by atoms with van der Waals surface area (Å²) < 4.78 is 5.34. The molecule has 0 spiro atoms. The van der Waals surface area contributed by atoms with Gasteiger partial charge in [-0.3, -0.25) is 9.59 Å². The van der Waals surface area contributed by atoms with Crippen molar-refractivity contribution in [1.29, 1.82) is 0 Å². The number of hydrogen-bond acceptors (Lipinski definition) is 5. The Balaban J connectivity index is 1.95. The minimum absolute atomic E-state index is 0.0394. The molecule has 1 aliphatic rings. The van der Waals surface area contributed by atoms with E-state index in [0.717, 1.165) is 25.7 Å². The molecule has 0 bridgehead atoms. The second-order valence-electron chi connectivity index (χ2n) is 6.61. The lowest BCUT2D eigenvalue weighted by molar-refractivity contribution is -0.129. The van der Waals surface area contributed by atoms with Crippen molar-refractivity contribution in [3.05, 3.63) is 29.8 Å². The summed E-state index contributed by atoms with van der Waals surface area (Å²) in [6, 6.07) is 7.14. The maximum atomic E-state index is 12.5. The lowest BCUT2D eigenvalue weighted by Crippen LogP contribution is -2.40. The predicted molar refractivity (Wildman–Crippen MR) is 101 cm³/mol. The molecule has 1 N–H and O–H groups in total. The largest absolute Gasteiger partial charge is 0.449 e. The van der Waals surface area contributed by atoms with Crippen LogP contribution in [-0.2, 0) is 14.3 Å². The van der Waals surface area contributed by atoms with Gasteiger partial charge in [-0.1, -0.05) is 25.0 Å². The molecule has 26 heavy (non-hydrogen) atoms. The first-order valence-electron chi connectivity index (χ1n) is 8.82. The van der Waals surface area contributed by atoms with Crippen molar-refractivity contribution in [1.82, 2.24) is 10.2 Å². The fourth-order valence-electron chi connectivity index (χ4n) is 2.70. The van der Waals surface area contributed by atoms with E-state index >= 15 is 0 Å². The molecule has 0 heterocycles. The zero-order chi connectivity index (χ0) is 19.1. The van der Waals surface area contributed by atoms with Gasteiger partial charge in [-0.25, -0.2) is 4.79 Å². The van der Waals surface area contributed by atoms with Gasteiger partial charge in [-0.05, 0) is 31.9 Å². The lowest BCUT2D eigenvalue weighted by atomic mass is 10.2.